The summed E-state index contributed by atoms with van der Waals surface area (Å²) in [5.41, 5.74) is 7.97. The molecule has 0 unspecified atom stereocenters. The largest absolute Gasteiger partial charge is 0.398 e. The van der Waals surface area contributed by atoms with Crippen molar-refractivity contribution in [2.75, 3.05) is 5.73 Å². The summed E-state index contributed by atoms with van der Waals surface area (Å²) in [5, 5.41) is 0. The summed E-state index contributed by atoms with van der Waals surface area (Å²) in [6, 6.07) is 6.07. The highest BCUT2D eigenvalue weighted by Crippen LogP contribution is 2.20. The van der Waals surface area contributed by atoms with Gasteiger partial charge in [0.05, 0.1) is 0 Å². The van der Waals surface area contributed by atoms with Crippen LogP contribution in [0.15, 0.2) is 22.7 Å². The Morgan fingerprint density at radius 2 is 2.08 bits per heavy atom. The van der Waals surface area contributed by atoms with Crippen molar-refractivity contribution in [2.24, 2.45) is 5.92 Å². The molecule has 0 amide bonds. The van der Waals surface area contributed by atoms with E-state index in [1.807, 2.05) is 12.1 Å². The number of benzene rings is 1. The van der Waals surface area contributed by atoms with Gasteiger partial charge in [-0.1, -0.05) is 35.8 Å². The molecule has 0 aliphatic carbocycles. The minimum atomic E-state index is 0.661. The highest BCUT2D eigenvalue weighted by Gasteiger charge is 2.01. The molecule has 1 aromatic rings. The van der Waals surface area contributed by atoms with Crippen molar-refractivity contribution < 1.29 is 0 Å². The highest BCUT2D eigenvalue weighted by molar-refractivity contribution is 9.10. The monoisotopic (exact) mass is 227 g/mol. The van der Waals surface area contributed by atoms with Gasteiger partial charge in [0.1, 0.15) is 0 Å². The second-order valence-corrected chi connectivity index (χ2v) is 4.36. The number of nitrogen functional groups attached to an aromatic ring is 1. The lowest BCUT2D eigenvalue weighted by Crippen LogP contribution is -1.99. The summed E-state index contributed by atoms with van der Waals surface area (Å²) >= 11 is 3.38. The molecule has 0 saturated carbocycles. The van der Waals surface area contributed by atoms with Gasteiger partial charge in [0.25, 0.3) is 0 Å². The van der Waals surface area contributed by atoms with Gasteiger partial charge >= 0.3 is 0 Å². The molecule has 1 rings (SSSR count). The van der Waals surface area contributed by atoms with Gasteiger partial charge in [0.15, 0.2) is 0 Å². The molecule has 0 spiro atoms. The van der Waals surface area contributed by atoms with Crippen LogP contribution in [0.4, 0.5) is 5.69 Å². The highest BCUT2D eigenvalue weighted by atomic mass is 79.9. The molecule has 0 saturated heterocycles. The van der Waals surface area contributed by atoms with E-state index in [1.54, 1.807) is 0 Å². The van der Waals surface area contributed by atoms with Gasteiger partial charge in [-0.3, -0.25) is 0 Å². The molecular formula is C10H14BrN. The Morgan fingerprint density at radius 1 is 1.42 bits per heavy atom. The second-order valence-electron chi connectivity index (χ2n) is 3.44. The van der Waals surface area contributed by atoms with Gasteiger partial charge in [-0.25, -0.2) is 0 Å². The molecule has 0 aromatic heterocycles. The van der Waals surface area contributed by atoms with E-state index < -0.39 is 0 Å². The first kappa shape index (κ1) is 9.59. The van der Waals surface area contributed by atoms with Crippen LogP contribution in [0.3, 0.4) is 0 Å². The molecule has 2 N–H and O–H groups in total. The quantitative estimate of drug-likeness (QED) is 0.772. The van der Waals surface area contributed by atoms with Crippen LogP contribution in [0.1, 0.15) is 19.4 Å². The van der Waals surface area contributed by atoms with Crippen molar-refractivity contribution in [3.05, 3.63) is 28.2 Å². The predicted octanol–water partition coefficient (Wildman–Crippen LogP) is 3.23. The average Bonchev–Trinajstić information content (AvgIpc) is 1.94. The van der Waals surface area contributed by atoms with Crippen LogP contribution < -0.4 is 5.73 Å². The minimum absolute atomic E-state index is 0.661. The van der Waals surface area contributed by atoms with E-state index in [0.29, 0.717) is 5.92 Å². The summed E-state index contributed by atoms with van der Waals surface area (Å²) < 4.78 is 1.05. The molecule has 0 bridgehead atoms. The molecule has 0 fully saturated rings. The summed E-state index contributed by atoms with van der Waals surface area (Å²) in [6.45, 7) is 4.39. The Hall–Kier alpha value is -0.500. The van der Waals surface area contributed by atoms with Crippen LogP contribution in [0.5, 0.6) is 0 Å². The van der Waals surface area contributed by atoms with E-state index in [2.05, 4.69) is 35.8 Å². The topological polar surface area (TPSA) is 26.0 Å². The Labute approximate surface area is 82.1 Å². The molecule has 1 aromatic carbocycles. The lowest BCUT2D eigenvalue weighted by molar-refractivity contribution is 0.648. The molecule has 1 nitrogen and oxygen atoms in total. The minimum Gasteiger partial charge on any atom is -0.398 e. The maximum atomic E-state index is 5.84. The number of hydrogen-bond acceptors (Lipinski definition) is 1. The number of hydrogen-bond donors (Lipinski definition) is 1. The van der Waals surface area contributed by atoms with E-state index in [-0.39, 0.29) is 0 Å². The molecule has 66 valence electrons. The van der Waals surface area contributed by atoms with Gasteiger partial charge in [0, 0.05) is 10.2 Å². The van der Waals surface area contributed by atoms with E-state index in [9.17, 15) is 0 Å². The van der Waals surface area contributed by atoms with Gasteiger partial charge in [-0.15, -0.1) is 0 Å². The van der Waals surface area contributed by atoms with Gasteiger partial charge < -0.3 is 5.73 Å². The Kier molecular flexibility index (Phi) is 3.15. The number of rotatable bonds is 2. The van der Waals surface area contributed by atoms with Crippen LogP contribution in [0, 0.1) is 5.92 Å². The van der Waals surface area contributed by atoms with Crippen LogP contribution in [-0.4, -0.2) is 0 Å². The third-order valence-electron chi connectivity index (χ3n) is 1.74. The Bertz CT molecular complexity index is 269. The maximum Gasteiger partial charge on any atom is 0.0357 e. The molecule has 0 aliphatic heterocycles. The summed E-state index contributed by atoms with van der Waals surface area (Å²) in [4.78, 5) is 0. The van der Waals surface area contributed by atoms with Crippen molar-refractivity contribution >= 4 is 21.6 Å². The first-order chi connectivity index (χ1) is 5.59. The van der Waals surface area contributed by atoms with E-state index >= 15 is 0 Å². The van der Waals surface area contributed by atoms with Gasteiger partial charge in [0.2, 0.25) is 0 Å². The van der Waals surface area contributed by atoms with Crippen LogP contribution in [-0.2, 0) is 6.42 Å². The fourth-order valence-corrected chi connectivity index (χ4v) is 1.57. The summed E-state index contributed by atoms with van der Waals surface area (Å²) in [5.74, 6) is 0.661. The smallest absolute Gasteiger partial charge is 0.0357 e. The van der Waals surface area contributed by atoms with Crippen molar-refractivity contribution in [3.8, 4) is 0 Å². The number of anilines is 1. The van der Waals surface area contributed by atoms with Gasteiger partial charge in [-0.2, -0.15) is 0 Å². The molecule has 0 atom stereocenters. The molecule has 0 radical (unpaired) electrons. The summed E-state index contributed by atoms with van der Waals surface area (Å²) in [7, 11) is 0. The van der Waals surface area contributed by atoms with Crippen molar-refractivity contribution in [1.82, 2.24) is 0 Å². The first-order valence-corrected chi connectivity index (χ1v) is 4.93. The molecule has 2 heteroatoms. The third-order valence-corrected chi connectivity index (χ3v) is 2.23. The molecule has 12 heavy (non-hydrogen) atoms. The van der Waals surface area contributed by atoms with Gasteiger partial charge in [-0.05, 0) is 30.0 Å². The SMILES string of the molecule is CC(C)Cc1ccc(Br)cc1N. The van der Waals surface area contributed by atoms with Crippen molar-refractivity contribution in [2.45, 2.75) is 20.3 Å². The lowest BCUT2D eigenvalue weighted by atomic mass is 10.0. The molecule has 0 heterocycles. The zero-order chi connectivity index (χ0) is 9.14. The van der Waals surface area contributed by atoms with Crippen molar-refractivity contribution in [1.29, 1.82) is 0 Å². The average molecular weight is 228 g/mol. The predicted molar refractivity (Wildman–Crippen MR) is 57.1 cm³/mol. The van der Waals surface area contributed by atoms with E-state index in [0.717, 1.165) is 16.6 Å². The Balaban J connectivity index is 2.86. The molecule has 0 aliphatic rings. The van der Waals surface area contributed by atoms with E-state index in [4.69, 9.17) is 5.73 Å². The second kappa shape index (κ2) is 3.94. The first-order valence-electron chi connectivity index (χ1n) is 4.13. The van der Waals surface area contributed by atoms with Crippen LogP contribution >= 0.6 is 15.9 Å². The normalized spacial score (nSPS) is 10.7. The lowest BCUT2D eigenvalue weighted by Gasteiger charge is -2.08. The zero-order valence-corrected chi connectivity index (χ0v) is 9.06. The number of halogens is 1. The number of nitrogens with two attached hydrogens (primary N) is 1. The van der Waals surface area contributed by atoms with E-state index in [1.165, 1.54) is 5.56 Å². The Morgan fingerprint density at radius 3 is 2.58 bits per heavy atom. The zero-order valence-electron chi connectivity index (χ0n) is 7.47. The third kappa shape index (κ3) is 2.52. The maximum absolute atomic E-state index is 5.84. The standard InChI is InChI=1S/C10H14BrN/c1-7(2)5-8-3-4-9(11)6-10(8)12/h3-4,6-7H,5,12H2,1-2H3. The molecular weight excluding hydrogens is 214 g/mol. The van der Waals surface area contributed by atoms with Crippen LogP contribution in [0.2, 0.25) is 0 Å². The van der Waals surface area contributed by atoms with Crippen molar-refractivity contribution in [3.63, 3.8) is 0 Å². The van der Waals surface area contributed by atoms with Crippen LogP contribution in [0.25, 0.3) is 0 Å². The fourth-order valence-electron chi connectivity index (χ4n) is 1.19. The summed E-state index contributed by atoms with van der Waals surface area (Å²) in [6.07, 6.45) is 1.05. The fraction of sp³-hybridized carbons (Fsp3) is 0.400.